The molecule has 0 unspecified atom stereocenters. The van der Waals surface area contributed by atoms with Gasteiger partial charge in [0.25, 0.3) is 5.91 Å². The van der Waals surface area contributed by atoms with Crippen molar-refractivity contribution in [2.75, 3.05) is 43.6 Å². The fourth-order valence-electron chi connectivity index (χ4n) is 4.30. The molecule has 0 radical (unpaired) electrons. The summed E-state index contributed by atoms with van der Waals surface area (Å²) in [5.74, 6) is -0.311. The minimum Gasteiger partial charge on any atom is -0.378 e. The first-order valence-corrected chi connectivity index (χ1v) is 12.1. The number of fused-ring (bicyclic) bond motifs is 1. The summed E-state index contributed by atoms with van der Waals surface area (Å²) in [7, 11) is 1.32. The van der Waals surface area contributed by atoms with Crippen molar-refractivity contribution < 1.29 is 14.4 Å². The van der Waals surface area contributed by atoms with Crippen molar-refractivity contribution in [1.29, 1.82) is 0 Å². The second kappa shape index (κ2) is 10.8. The molecule has 0 bridgehead atoms. The lowest BCUT2D eigenvalue weighted by molar-refractivity contribution is 0.0536. The summed E-state index contributed by atoms with van der Waals surface area (Å²) in [6.45, 7) is 5.14. The zero-order chi connectivity index (χ0) is 25.8. The molecule has 4 aromatic rings. The molecule has 37 heavy (non-hydrogen) atoms. The third-order valence-corrected chi connectivity index (χ3v) is 6.28. The van der Waals surface area contributed by atoms with Crippen LogP contribution in [0.1, 0.15) is 22.8 Å². The van der Waals surface area contributed by atoms with E-state index in [9.17, 15) is 9.59 Å². The molecular weight excluding hydrogens is 472 g/mol. The van der Waals surface area contributed by atoms with Gasteiger partial charge in [0.15, 0.2) is 5.65 Å². The zero-order valence-electron chi connectivity index (χ0n) is 20.7. The molecule has 1 fully saturated rings. The number of aromatic nitrogens is 3. The van der Waals surface area contributed by atoms with Crippen molar-refractivity contribution in [1.82, 2.24) is 20.0 Å². The van der Waals surface area contributed by atoms with Crippen molar-refractivity contribution in [2.45, 2.75) is 13.3 Å². The van der Waals surface area contributed by atoms with E-state index in [4.69, 9.17) is 9.57 Å². The van der Waals surface area contributed by atoms with Crippen LogP contribution >= 0.6 is 0 Å². The van der Waals surface area contributed by atoms with E-state index in [1.807, 2.05) is 42.5 Å². The Morgan fingerprint density at radius 3 is 2.62 bits per heavy atom. The molecule has 1 aliphatic heterocycles. The summed E-state index contributed by atoms with van der Waals surface area (Å²) < 4.78 is 7.18. The molecule has 5 rings (SSSR count). The molecule has 0 spiro atoms. The fourth-order valence-corrected chi connectivity index (χ4v) is 4.30. The Balaban J connectivity index is 1.57. The normalized spacial score (nSPS) is 13.5. The van der Waals surface area contributed by atoms with Crippen LogP contribution < -0.4 is 21.1 Å². The maximum absolute atomic E-state index is 13.2. The number of aryl methyl sites for hydroxylation is 1. The van der Waals surface area contributed by atoms with Crippen LogP contribution in [0.15, 0.2) is 65.7 Å². The number of morpholine rings is 1. The molecule has 0 saturated carbocycles. The monoisotopic (exact) mass is 500 g/mol. The molecule has 0 atom stereocenters. The van der Waals surface area contributed by atoms with Gasteiger partial charge in [-0.3, -0.25) is 14.4 Å². The Hall–Kier alpha value is -4.28. The number of pyridine rings is 1. The Morgan fingerprint density at radius 2 is 1.89 bits per heavy atom. The summed E-state index contributed by atoms with van der Waals surface area (Å²) in [4.78, 5) is 41.8. The number of carbonyl (C=O) groups excluding carboxylic acids is 1. The first-order chi connectivity index (χ1) is 18.1. The second-order valence-electron chi connectivity index (χ2n) is 8.60. The highest BCUT2D eigenvalue weighted by molar-refractivity contribution is 5.96. The van der Waals surface area contributed by atoms with Gasteiger partial charge in [-0.25, -0.2) is 10.5 Å². The first-order valence-electron chi connectivity index (χ1n) is 12.1. The summed E-state index contributed by atoms with van der Waals surface area (Å²) >= 11 is 0. The lowest BCUT2D eigenvalue weighted by atomic mass is 10.1. The van der Waals surface area contributed by atoms with E-state index in [2.05, 4.69) is 38.7 Å². The van der Waals surface area contributed by atoms with Gasteiger partial charge in [0.2, 0.25) is 11.4 Å². The first kappa shape index (κ1) is 24.4. The highest BCUT2D eigenvalue weighted by atomic mass is 16.6. The van der Waals surface area contributed by atoms with Crippen LogP contribution in [0, 0.1) is 0 Å². The predicted octanol–water partition coefficient (Wildman–Crippen LogP) is 3.21. The van der Waals surface area contributed by atoms with Gasteiger partial charge in [0.05, 0.1) is 25.7 Å². The summed E-state index contributed by atoms with van der Waals surface area (Å²) in [5, 5.41) is 3.47. The number of hydrogen-bond donors (Lipinski definition) is 2. The highest BCUT2D eigenvalue weighted by Crippen LogP contribution is 2.24. The Labute approximate surface area is 213 Å². The average molecular weight is 501 g/mol. The van der Waals surface area contributed by atoms with Gasteiger partial charge >= 0.3 is 0 Å². The van der Waals surface area contributed by atoms with Crippen LogP contribution in [-0.4, -0.2) is 53.9 Å². The van der Waals surface area contributed by atoms with Gasteiger partial charge in [-0.05, 0) is 42.3 Å². The number of hydroxylamine groups is 1. The minimum atomic E-state index is -0.643. The Morgan fingerprint density at radius 1 is 1.11 bits per heavy atom. The van der Waals surface area contributed by atoms with E-state index >= 15 is 0 Å². The molecule has 1 aliphatic rings. The minimum absolute atomic E-state index is 0.0727. The molecule has 190 valence electrons. The maximum atomic E-state index is 13.2. The molecule has 1 amide bonds. The Bertz CT molecular complexity index is 1480. The van der Waals surface area contributed by atoms with E-state index in [1.54, 1.807) is 4.57 Å². The number of nitrogens with zero attached hydrogens (tertiary/aromatic N) is 4. The molecule has 0 aliphatic carbocycles. The van der Waals surface area contributed by atoms with Crippen molar-refractivity contribution in [3.63, 3.8) is 0 Å². The van der Waals surface area contributed by atoms with Crippen molar-refractivity contribution in [3.05, 3.63) is 82.3 Å². The van der Waals surface area contributed by atoms with Crippen LogP contribution in [0.3, 0.4) is 0 Å². The topological polar surface area (TPSA) is 111 Å². The number of rotatable bonds is 7. The molecule has 3 heterocycles. The molecule has 10 nitrogen and oxygen atoms in total. The number of ether oxygens (including phenoxy) is 1. The number of carbonyl (C=O) groups is 1. The summed E-state index contributed by atoms with van der Waals surface area (Å²) in [6.07, 6.45) is 3.82. The predicted molar refractivity (Wildman–Crippen MR) is 142 cm³/mol. The van der Waals surface area contributed by atoms with Crippen molar-refractivity contribution in [3.8, 4) is 5.69 Å². The van der Waals surface area contributed by atoms with E-state index < -0.39 is 11.3 Å². The van der Waals surface area contributed by atoms with Crippen LogP contribution in [0.25, 0.3) is 16.7 Å². The van der Waals surface area contributed by atoms with Gasteiger partial charge in [0.1, 0.15) is 5.56 Å². The quantitative estimate of drug-likeness (QED) is 0.372. The molecular formula is C27H28N6O4. The standard InChI is InChI=1S/C27H28N6O4/c1-3-18-7-9-20(10-8-18)33-17-23(26(35)31-36-2)24(34)22-16-28-27(30-25(22)33)29-19-5-4-6-21(15-19)32-11-13-37-14-12-32/h4-10,15-17H,3,11-14H2,1-2H3,(H,31,35)(H,28,29,30). The van der Waals surface area contributed by atoms with Gasteiger partial charge in [0, 0.05) is 42.5 Å². The Kier molecular flexibility index (Phi) is 7.11. The van der Waals surface area contributed by atoms with Crippen LogP contribution in [-0.2, 0) is 16.0 Å². The number of hydrogen-bond acceptors (Lipinski definition) is 8. The molecule has 10 heteroatoms. The number of anilines is 3. The summed E-state index contributed by atoms with van der Waals surface area (Å²) in [5.41, 5.74) is 5.88. The number of benzene rings is 2. The van der Waals surface area contributed by atoms with Crippen molar-refractivity contribution >= 4 is 34.3 Å². The van der Waals surface area contributed by atoms with E-state index in [0.717, 1.165) is 36.6 Å². The van der Waals surface area contributed by atoms with Crippen LogP contribution in [0.4, 0.5) is 17.3 Å². The smallest absolute Gasteiger partial charge is 0.280 e. The zero-order valence-corrected chi connectivity index (χ0v) is 20.7. The van der Waals surface area contributed by atoms with Gasteiger partial charge in [-0.2, -0.15) is 4.98 Å². The molecule has 2 aromatic heterocycles. The molecule has 2 aromatic carbocycles. The van der Waals surface area contributed by atoms with Gasteiger partial charge in [-0.15, -0.1) is 0 Å². The molecule has 2 N–H and O–H groups in total. The van der Waals surface area contributed by atoms with Gasteiger partial charge < -0.3 is 19.5 Å². The van der Waals surface area contributed by atoms with E-state index in [0.29, 0.717) is 24.8 Å². The number of amides is 1. The average Bonchev–Trinajstić information content (AvgIpc) is 2.94. The second-order valence-corrected chi connectivity index (χ2v) is 8.60. The lowest BCUT2D eigenvalue weighted by Gasteiger charge is -2.29. The maximum Gasteiger partial charge on any atom is 0.280 e. The third-order valence-electron chi connectivity index (χ3n) is 6.28. The molecule has 1 saturated heterocycles. The van der Waals surface area contributed by atoms with Crippen molar-refractivity contribution in [2.24, 2.45) is 0 Å². The van der Waals surface area contributed by atoms with Crippen LogP contribution in [0.5, 0.6) is 0 Å². The number of nitrogens with one attached hydrogen (secondary N) is 2. The lowest BCUT2D eigenvalue weighted by Crippen LogP contribution is -2.36. The SMILES string of the molecule is CCc1ccc(-n2cc(C(=O)NOC)c(=O)c3cnc(Nc4cccc(N5CCOCC5)c4)nc32)cc1. The largest absolute Gasteiger partial charge is 0.378 e. The van der Waals surface area contributed by atoms with E-state index in [-0.39, 0.29) is 10.9 Å². The van der Waals surface area contributed by atoms with Crippen LogP contribution in [0.2, 0.25) is 0 Å². The van der Waals surface area contributed by atoms with E-state index in [1.165, 1.54) is 25.1 Å². The third kappa shape index (κ3) is 5.16. The summed E-state index contributed by atoms with van der Waals surface area (Å²) in [6, 6.07) is 15.9. The fraction of sp³-hybridized carbons (Fsp3) is 0.259. The highest BCUT2D eigenvalue weighted by Gasteiger charge is 2.18. The van der Waals surface area contributed by atoms with Gasteiger partial charge in [-0.1, -0.05) is 25.1 Å².